The van der Waals surface area contributed by atoms with Gasteiger partial charge in [-0.15, -0.1) is 0 Å². The number of ether oxygens (including phenoxy) is 1. The molecule has 0 fully saturated rings. The van der Waals surface area contributed by atoms with Crippen LogP contribution >= 0.6 is 0 Å². The molecule has 19 heavy (non-hydrogen) atoms. The van der Waals surface area contributed by atoms with Crippen LogP contribution in [0.4, 0.5) is 4.39 Å². The van der Waals surface area contributed by atoms with Gasteiger partial charge in [-0.3, -0.25) is 4.79 Å². The molecule has 5 heteroatoms. The molecule has 0 spiro atoms. The Bertz CT molecular complexity index is 422. The minimum atomic E-state index is -0.471. The predicted molar refractivity (Wildman–Crippen MR) is 72.5 cm³/mol. The number of amides is 1. The molecule has 0 saturated heterocycles. The van der Waals surface area contributed by atoms with Crippen molar-refractivity contribution in [1.82, 2.24) is 5.32 Å². The van der Waals surface area contributed by atoms with Gasteiger partial charge in [0.25, 0.3) is 5.91 Å². The third-order valence-electron chi connectivity index (χ3n) is 2.51. The first-order chi connectivity index (χ1) is 9.04. The topological polar surface area (TPSA) is 64.3 Å². The van der Waals surface area contributed by atoms with Gasteiger partial charge in [-0.25, -0.2) is 4.39 Å². The monoisotopic (exact) mass is 268 g/mol. The van der Waals surface area contributed by atoms with E-state index in [0.29, 0.717) is 18.5 Å². The minimum absolute atomic E-state index is 0.0990. The fraction of sp³-hybridized carbons (Fsp3) is 0.500. The Morgan fingerprint density at radius 1 is 1.53 bits per heavy atom. The molecule has 0 aromatic heterocycles. The van der Waals surface area contributed by atoms with Crippen molar-refractivity contribution in [2.45, 2.75) is 32.7 Å². The summed E-state index contributed by atoms with van der Waals surface area (Å²) in [6.45, 7) is 4.19. The molecule has 1 aromatic rings. The minimum Gasteiger partial charge on any atom is -0.480 e. The maximum Gasteiger partial charge on any atom is 0.257 e. The molecule has 0 heterocycles. The molecule has 1 aromatic carbocycles. The standard InChI is InChI=1S/C14H21FN2O2/c1-3-7-17-13(18)9-19-14-11(8-10(2)16)5-4-6-12(14)15/h4-6,10H,3,7-9,16H2,1-2H3,(H,17,18). The lowest BCUT2D eigenvalue weighted by Crippen LogP contribution is -2.29. The molecule has 1 atom stereocenters. The fourth-order valence-corrected chi connectivity index (χ4v) is 1.68. The Morgan fingerprint density at radius 2 is 2.26 bits per heavy atom. The van der Waals surface area contributed by atoms with Crippen LogP contribution in [-0.2, 0) is 11.2 Å². The first-order valence-electron chi connectivity index (χ1n) is 6.47. The number of nitrogens with two attached hydrogens (primary N) is 1. The van der Waals surface area contributed by atoms with E-state index < -0.39 is 5.82 Å². The van der Waals surface area contributed by atoms with Crippen LogP contribution in [0.5, 0.6) is 5.75 Å². The Labute approximate surface area is 113 Å². The highest BCUT2D eigenvalue weighted by Crippen LogP contribution is 2.23. The molecule has 4 nitrogen and oxygen atoms in total. The normalized spacial score (nSPS) is 12.0. The number of rotatable bonds is 7. The van der Waals surface area contributed by atoms with Crippen molar-refractivity contribution < 1.29 is 13.9 Å². The van der Waals surface area contributed by atoms with Gasteiger partial charge < -0.3 is 15.8 Å². The van der Waals surface area contributed by atoms with Crippen LogP contribution in [0.3, 0.4) is 0 Å². The van der Waals surface area contributed by atoms with E-state index >= 15 is 0 Å². The number of benzene rings is 1. The number of carbonyl (C=O) groups is 1. The highest BCUT2D eigenvalue weighted by atomic mass is 19.1. The summed E-state index contributed by atoms with van der Waals surface area (Å²) < 4.78 is 19.0. The second kappa shape index (κ2) is 7.74. The summed E-state index contributed by atoms with van der Waals surface area (Å²) in [5, 5.41) is 2.67. The molecule has 3 N–H and O–H groups in total. The van der Waals surface area contributed by atoms with Crippen LogP contribution in [0, 0.1) is 5.82 Å². The van der Waals surface area contributed by atoms with Gasteiger partial charge in [0.05, 0.1) is 0 Å². The molecule has 1 rings (SSSR count). The van der Waals surface area contributed by atoms with Crippen molar-refractivity contribution in [3.8, 4) is 5.75 Å². The number of carbonyl (C=O) groups excluding carboxylic acids is 1. The molecule has 0 bridgehead atoms. The first-order valence-corrected chi connectivity index (χ1v) is 6.47. The number of para-hydroxylation sites is 1. The maximum atomic E-state index is 13.7. The Balaban J connectivity index is 2.68. The second-order valence-electron chi connectivity index (χ2n) is 4.55. The second-order valence-corrected chi connectivity index (χ2v) is 4.55. The van der Waals surface area contributed by atoms with Crippen LogP contribution in [0.1, 0.15) is 25.8 Å². The molecule has 0 radical (unpaired) electrons. The summed E-state index contributed by atoms with van der Waals surface area (Å²) in [4.78, 5) is 11.4. The molecule has 0 aliphatic heterocycles. The maximum absolute atomic E-state index is 13.7. The number of hydrogen-bond acceptors (Lipinski definition) is 3. The number of hydrogen-bond donors (Lipinski definition) is 2. The zero-order valence-electron chi connectivity index (χ0n) is 11.4. The van der Waals surface area contributed by atoms with Crippen molar-refractivity contribution in [3.63, 3.8) is 0 Å². The van der Waals surface area contributed by atoms with Gasteiger partial charge in [-0.2, -0.15) is 0 Å². The van der Waals surface area contributed by atoms with Crippen molar-refractivity contribution >= 4 is 5.91 Å². The van der Waals surface area contributed by atoms with Crippen molar-refractivity contribution in [2.24, 2.45) is 5.73 Å². The summed E-state index contributed by atoms with van der Waals surface area (Å²) in [6.07, 6.45) is 1.35. The van der Waals surface area contributed by atoms with Gasteiger partial charge in [0.15, 0.2) is 18.2 Å². The van der Waals surface area contributed by atoms with E-state index in [-0.39, 0.29) is 24.3 Å². The zero-order chi connectivity index (χ0) is 14.3. The van der Waals surface area contributed by atoms with E-state index in [2.05, 4.69) is 5.32 Å². The van der Waals surface area contributed by atoms with E-state index in [0.717, 1.165) is 6.42 Å². The van der Waals surface area contributed by atoms with Crippen LogP contribution in [0.25, 0.3) is 0 Å². The van der Waals surface area contributed by atoms with E-state index in [4.69, 9.17) is 10.5 Å². The summed E-state index contributed by atoms with van der Waals surface area (Å²) in [5.41, 5.74) is 6.39. The highest BCUT2D eigenvalue weighted by Gasteiger charge is 2.12. The van der Waals surface area contributed by atoms with Crippen LogP contribution in [0.2, 0.25) is 0 Å². The van der Waals surface area contributed by atoms with Gasteiger partial charge in [0, 0.05) is 12.6 Å². The van der Waals surface area contributed by atoms with Gasteiger partial charge >= 0.3 is 0 Å². The molecule has 0 aliphatic carbocycles. The van der Waals surface area contributed by atoms with Crippen molar-refractivity contribution in [1.29, 1.82) is 0 Å². The van der Waals surface area contributed by atoms with E-state index in [1.807, 2.05) is 13.8 Å². The zero-order valence-corrected chi connectivity index (χ0v) is 11.4. The molecular weight excluding hydrogens is 247 g/mol. The molecule has 1 unspecified atom stereocenters. The predicted octanol–water partition coefficient (Wildman–Crippen LogP) is 1.62. The average molecular weight is 268 g/mol. The lowest BCUT2D eigenvalue weighted by atomic mass is 10.1. The van der Waals surface area contributed by atoms with E-state index in [1.54, 1.807) is 12.1 Å². The van der Waals surface area contributed by atoms with Crippen molar-refractivity contribution in [3.05, 3.63) is 29.6 Å². The van der Waals surface area contributed by atoms with Gasteiger partial charge in [0.2, 0.25) is 0 Å². The van der Waals surface area contributed by atoms with Gasteiger partial charge in [-0.05, 0) is 31.4 Å². The summed E-state index contributed by atoms with van der Waals surface area (Å²) in [5.74, 6) is -0.607. The lowest BCUT2D eigenvalue weighted by molar-refractivity contribution is -0.123. The molecular formula is C14H21FN2O2. The fourth-order valence-electron chi connectivity index (χ4n) is 1.68. The third kappa shape index (κ3) is 5.26. The Kier molecular flexibility index (Phi) is 6.29. The number of halogens is 1. The SMILES string of the molecule is CCCNC(=O)COc1c(F)cccc1CC(C)N. The molecule has 1 amide bonds. The van der Waals surface area contributed by atoms with Crippen LogP contribution in [0.15, 0.2) is 18.2 Å². The third-order valence-corrected chi connectivity index (χ3v) is 2.51. The molecule has 106 valence electrons. The first kappa shape index (κ1) is 15.4. The Morgan fingerprint density at radius 3 is 2.89 bits per heavy atom. The quantitative estimate of drug-likeness (QED) is 0.790. The summed E-state index contributed by atoms with van der Waals surface area (Å²) in [7, 11) is 0. The molecule has 0 aliphatic rings. The molecule has 0 saturated carbocycles. The van der Waals surface area contributed by atoms with Gasteiger partial charge in [0.1, 0.15) is 0 Å². The van der Waals surface area contributed by atoms with Crippen molar-refractivity contribution in [2.75, 3.05) is 13.2 Å². The van der Waals surface area contributed by atoms with E-state index in [1.165, 1.54) is 6.07 Å². The largest absolute Gasteiger partial charge is 0.480 e. The summed E-state index contributed by atoms with van der Waals surface area (Å²) in [6, 6.07) is 4.57. The smallest absolute Gasteiger partial charge is 0.257 e. The summed E-state index contributed by atoms with van der Waals surface area (Å²) >= 11 is 0. The van der Waals surface area contributed by atoms with Gasteiger partial charge in [-0.1, -0.05) is 19.1 Å². The van der Waals surface area contributed by atoms with Crippen LogP contribution in [-0.4, -0.2) is 25.1 Å². The van der Waals surface area contributed by atoms with E-state index in [9.17, 15) is 9.18 Å². The lowest BCUT2D eigenvalue weighted by Gasteiger charge is -2.13. The van der Waals surface area contributed by atoms with Crippen LogP contribution < -0.4 is 15.8 Å². The highest BCUT2D eigenvalue weighted by molar-refractivity contribution is 5.77. The average Bonchev–Trinajstić information content (AvgIpc) is 2.35. The Hall–Kier alpha value is -1.62. The number of nitrogens with one attached hydrogen (secondary N) is 1.